The average Bonchev–Trinajstić information content (AvgIpc) is 2.66. The molecule has 0 saturated heterocycles. The van der Waals surface area contributed by atoms with Gasteiger partial charge in [-0.3, -0.25) is 4.79 Å². The molecule has 1 aromatic rings. The Morgan fingerprint density at radius 2 is 2.31 bits per heavy atom. The molecule has 1 heterocycles. The maximum atomic E-state index is 11.7. The van der Waals surface area contributed by atoms with E-state index in [4.69, 9.17) is 14.7 Å². The van der Waals surface area contributed by atoms with Crippen LogP contribution in [0.3, 0.4) is 0 Å². The highest BCUT2D eigenvalue weighted by Crippen LogP contribution is 2.13. The normalized spacial score (nSPS) is 12.5. The molecule has 1 rings (SSSR count). The molecule has 1 amide bonds. The van der Waals surface area contributed by atoms with Gasteiger partial charge >= 0.3 is 0 Å². The summed E-state index contributed by atoms with van der Waals surface area (Å²) in [7, 11) is 0. The largest absolute Gasteiger partial charge is 0.394 e. The molecule has 6 heteroatoms. The van der Waals surface area contributed by atoms with Crippen LogP contribution >= 0.6 is 0 Å². The maximum absolute atomic E-state index is 11.7. The third kappa shape index (κ3) is 2.80. The van der Waals surface area contributed by atoms with E-state index in [1.165, 1.54) is 0 Å². The quantitative estimate of drug-likeness (QED) is 0.639. The lowest BCUT2D eigenvalue weighted by Crippen LogP contribution is -2.34. The van der Waals surface area contributed by atoms with Crippen LogP contribution in [0.2, 0.25) is 0 Å². The van der Waals surface area contributed by atoms with Crippen molar-refractivity contribution in [2.24, 2.45) is 0 Å². The van der Waals surface area contributed by atoms with E-state index in [1.54, 1.807) is 6.92 Å². The molecular formula is C10H16N2O4. The van der Waals surface area contributed by atoms with E-state index in [0.717, 1.165) is 0 Å². The number of amides is 1. The van der Waals surface area contributed by atoms with Crippen LogP contribution in [-0.4, -0.2) is 40.5 Å². The third-order valence-electron chi connectivity index (χ3n) is 2.20. The zero-order valence-electron chi connectivity index (χ0n) is 9.36. The Labute approximate surface area is 93.3 Å². The topological polar surface area (TPSA) is 95.6 Å². The number of aliphatic hydroxyl groups excluding tert-OH is 2. The number of carbonyl (C=O) groups excluding carboxylic acids is 1. The second-order valence-corrected chi connectivity index (χ2v) is 3.46. The second kappa shape index (κ2) is 5.62. The predicted molar refractivity (Wildman–Crippen MR) is 56.0 cm³/mol. The van der Waals surface area contributed by atoms with Crippen LogP contribution in [0, 0.1) is 6.92 Å². The first-order valence-electron chi connectivity index (χ1n) is 5.12. The highest BCUT2D eigenvalue weighted by molar-refractivity contribution is 5.96. The van der Waals surface area contributed by atoms with Crippen molar-refractivity contribution in [2.75, 3.05) is 13.2 Å². The van der Waals surface area contributed by atoms with E-state index < -0.39 is 6.10 Å². The highest BCUT2D eigenvalue weighted by atomic mass is 16.5. The van der Waals surface area contributed by atoms with Crippen LogP contribution < -0.4 is 5.32 Å². The molecule has 0 aliphatic carbocycles. The molecule has 0 fully saturated rings. The van der Waals surface area contributed by atoms with Gasteiger partial charge in [0.2, 0.25) is 0 Å². The monoisotopic (exact) mass is 228 g/mol. The van der Waals surface area contributed by atoms with Gasteiger partial charge in [-0.1, -0.05) is 12.1 Å². The van der Waals surface area contributed by atoms with Gasteiger partial charge in [0.05, 0.1) is 18.4 Å². The van der Waals surface area contributed by atoms with Crippen molar-refractivity contribution in [3.8, 4) is 0 Å². The molecule has 0 aliphatic heterocycles. The minimum atomic E-state index is -0.950. The first-order valence-corrected chi connectivity index (χ1v) is 5.12. The third-order valence-corrected chi connectivity index (χ3v) is 2.20. The molecule has 0 aliphatic rings. The number of aryl methyl sites for hydroxylation is 2. The molecule has 0 radical (unpaired) electrons. The van der Waals surface area contributed by atoms with E-state index in [-0.39, 0.29) is 19.1 Å². The molecule has 1 aromatic heterocycles. The minimum absolute atomic E-state index is 0.00308. The molecular weight excluding hydrogens is 212 g/mol. The fourth-order valence-electron chi connectivity index (χ4n) is 1.31. The highest BCUT2D eigenvalue weighted by Gasteiger charge is 2.19. The molecule has 1 unspecified atom stereocenters. The minimum Gasteiger partial charge on any atom is -0.394 e. The summed E-state index contributed by atoms with van der Waals surface area (Å²) in [4.78, 5) is 11.7. The number of aliphatic hydroxyl groups is 2. The Bertz CT molecular complexity index is 362. The summed E-state index contributed by atoms with van der Waals surface area (Å²) in [5.41, 5.74) is 1.00. The number of carbonyl (C=O) groups is 1. The second-order valence-electron chi connectivity index (χ2n) is 3.46. The number of rotatable bonds is 5. The van der Waals surface area contributed by atoms with Crippen LogP contribution in [0.4, 0.5) is 0 Å². The van der Waals surface area contributed by atoms with Crippen LogP contribution in [0.1, 0.15) is 28.7 Å². The Hall–Kier alpha value is -1.40. The molecule has 0 spiro atoms. The fourth-order valence-corrected chi connectivity index (χ4v) is 1.31. The summed E-state index contributed by atoms with van der Waals surface area (Å²) >= 11 is 0. The predicted octanol–water partition coefficient (Wildman–Crippen LogP) is -0.372. The summed E-state index contributed by atoms with van der Waals surface area (Å²) in [5, 5.41) is 24.0. The van der Waals surface area contributed by atoms with Gasteiger partial charge in [0.15, 0.2) is 0 Å². The molecule has 6 nitrogen and oxygen atoms in total. The zero-order valence-corrected chi connectivity index (χ0v) is 9.36. The van der Waals surface area contributed by atoms with E-state index >= 15 is 0 Å². The SMILES string of the molecule is CCc1noc(C)c1C(=O)NCC(O)CO. The van der Waals surface area contributed by atoms with Gasteiger partial charge in [0.1, 0.15) is 11.3 Å². The van der Waals surface area contributed by atoms with Gasteiger partial charge in [0.25, 0.3) is 5.91 Å². The summed E-state index contributed by atoms with van der Waals surface area (Å²) in [5.74, 6) is 0.107. The van der Waals surface area contributed by atoms with Crippen molar-refractivity contribution < 1.29 is 19.5 Å². The first kappa shape index (κ1) is 12.7. The lowest BCUT2D eigenvalue weighted by Gasteiger charge is -2.08. The van der Waals surface area contributed by atoms with E-state index in [0.29, 0.717) is 23.4 Å². The number of hydrogen-bond donors (Lipinski definition) is 3. The van der Waals surface area contributed by atoms with Gasteiger partial charge < -0.3 is 20.1 Å². The van der Waals surface area contributed by atoms with E-state index in [2.05, 4.69) is 10.5 Å². The first-order chi connectivity index (χ1) is 7.60. The van der Waals surface area contributed by atoms with Gasteiger partial charge in [-0.15, -0.1) is 0 Å². The van der Waals surface area contributed by atoms with Crippen molar-refractivity contribution in [3.05, 3.63) is 17.0 Å². The Balaban J connectivity index is 2.69. The molecule has 1 atom stereocenters. The number of nitrogens with one attached hydrogen (secondary N) is 1. The van der Waals surface area contributed by atoms with Crippen molar-refractivity contribution >= 4 is 5.91 Å². The van der Waals surface area contributed by atoms with Gasteiger partial charge in [0, 0.05) is 6.54 Å². The lowest BCUT2D eigenvalue weighted by atomic mass is 10.1. The molecule has 90 valence electrons. The summed E-state index contributed by atoms with van der Waals surface area (Å²) in [6.07, 6.45) is -0.350. The Morgan fingerprint density at radius 1 is 1.62 bits per heavy atom. The van der Waals surface area contributed by atoms with Crippen molar-refractivity contribution in [3.63, 3.8) is 0 Å². The van der Waals surface area contributed by atoms with Crippen LogP contribution in [0.15, 0.2) is 4.52 Å². The molecule has 0 bridgehead atoms. The van der Waals surface area contributed by atoms with Gasteiger partial charge in [-0.25, -0.2) is 0 Å². The van der Waals surface area contributed by atoms with E-state index in [1.807, 2.05) is 6.92 Å². The van der Waals surface area contributed by atoms with Gasteiger partial charge in [-0.2, -0.15) is 0 Å². The molecule has 16 heavy (non-hydrogen) atoms. The number of hydrogen-bond acceptors (Lipinski definition) is 5. The van der Waals surface area contributed by atoms with Crippen LogP contribution in [-0.2, 0) is 6.42 Å². The standard InChI is InChI=1S/C10H16N2O4/c1-3-8-9(6(2)16-12-8)10(15)11-4-7(14)5-13/h7,13-14H,3-5H2,1-2H3,(H,11,15). The van der Waals surface area contributed by atoms with Gasteiger partial charge in [-0.05, 0) is 13.3 Å². The average molecular weight is 228 g/mol. The smallest absolute Gasteiger partial charge is 0.256 e. The molecule has 0 aromatic carbocycles. The van der Waals surface area contributed by atoms with Crippen LogP contribution in [0.25, 0.3) is 0 Å². The summed E-state index contributed by atoms with van der Waals surface area (Å²) in [6.45, 7) is 3.15. The van der Waals surface area contributed by atoms with E-state index in [9.17, 15) is 4.79 Å². The van der Waals surface area contributed by atoms with Crippen molar-refractivity contribution in [2.45, 2.75) is 26.4 Å². The summed E-state index contributed by atoms with van der Waals surface area (Å²) < 4.78 is 4.92. The molecule has 0 saturated carbocycles. The number of nitrogens with zero attached hydrogens (tertiary/aromatic N) is 1. The maximum Gasteiger partial charge on any atom is 0.256 e. The Morgan fingerprint density at radius 3 is 2.88 bits per heavy atom. The van der Waals surface area contributed by atoms with Crippen LogP contribution in [0.5, 0.6) is 0 Å². The molecule has 3 N–H and O–H groups in total. The number of aromatic nitrogens is 1. The fraction of sp³-hybridized carbons (Fsp3) is 0.600. The zero-order chi connectivity index (χ0) is 12.1. The summed E-state index contributed by atoms with van der Waals surface area (Å²) in [6, 6.07) is 0. The Kier molecular flexibility index (Phi) is 4.45. The van der Waals surface area contributed by atoms with Crippen molar-refractivity contribution in [1.29, 1.82) is 0 Å². The lowest BCUT2D eigenvalue weighted by molar-refractivity contribution is 0.0800. The van der Waals surface area contributed by atoms with Crippen molar-refractivity contribution in [1.82, 2.24) is 10.5 Å².